The van der Waals surface area contributed by atoms with Crippen LogP contribution in [0.3, 0.4) is 0 Å². The van der Waals surface area contributed by atoms with Crippen molar-refractivity contribution in [2.24, 2.45) is 5.92 Å². The van der Waals surface area contributed by atoms with E-state index in [1.165, 1.54) is 6.92 Å². The van der Waals surface area contributed by atoms with E-state index in [1.54, 1.807) is 0 Å². The van der Waals surface area contributed by atoms with E-state index in [9.17, 15) is 79.4 Å². The first-order valence-corrected chi connectivity index (χ1v) is 8.49. The third-order valence-corrected chi connectivity index (χ3v) is 4.46. The minimum Gasteiger partial charge on any atom is -0.465 e. The second kappa shape index (κ2) is 9.97. The Labute approximate surface area is 185 Å². The highest BCUT2D eigenvalue weighted by atomic mass is 19.4. The molecule has 0 heterocycles. The van der Waals surface area contributed by atoms with Crippen molar-refractivity contribution in [1.82, 2.24) is 0 Å². The summed E-state index contributed by atoms with van der Waals surface area (Å²) in [6.45, 7) is 0.504. The first kappa shape index (κ1) is 35.4. The second-order valence-corrected chi connectivity index (χ2v) is 6.88. The van der Waals surface area contributed by atoms with Crippen LogP contribution in [0.15, 0.2) is 0 Å². The highest BCUT2D eigenvalue weighted by molar-refractivity contribution is 5.71. The molecule has 19 heteroatoms. The molecule has 0 amide bonds. The van der Waals surface area contributed by atoms with E-state index in [2.05, 4.69) is 4.74 Å². The van der Waals surface area contributed by atoms with Crippen LogP contribution in [0.2, 0.25) is 0 Å². The van der Waals surface area contributed by atoms with Crippen molar-refractivity contribution in [3.8, 4) is 0 Å². The highest BCUT2D eigenvalue weighted by Gasteiger charge is 2.95. The lowest BCUT2D eigenvalue weighted by Gasteiger charge is -2.42. The summed E-state index contributed by atoms with van der Waals surface area (Å²) < 4.78 is 226. The smallest absolute Gasteiger partial charge is 0.460 e. The van der Waals surface area contributed by atoms with E-state index in [1.807, 2.05) is 0 Å². The van der Waals surface area contributed by atoms with Crippen LogP contribution in [-0.2, 0) is 9.53 Å². The maximum atomic E-state index is 13.6. The molecule has 0 aromatic rings. The molecular formula is C16H17F17O2. The summed E-state index contributed by atoms with van der Waals surface area (Å²) in [6, 6.07) is 0. The van der Waals surface area contributed by atoms with E-state index in [4.69, 9.17) is 0 Å². The van der Waals surface area contributed by atoms with Crippen molar-refractivity contribution in [1.29, 1.82) is 0 Å². The lowest BCUT2D eigenvalue weighted by molar-refractivity contribution is -0.461. The Hall–Kier alpha value is -1.72. The molecule has 0 fully saturated rings. The zero-order valence-corrected chi connectivity index (χ0v) is 16.4. The topological polar surface area (TPSA) is 26.3 Å². The molecular weight excluding hydrogens is 547 g/mol. The van der Waals surface area contributed by atoms with Gasteiger partial charge in [0, 0.05) is 0 Å². The SMILES string of the molecule is C.CCC(C)C(=O)OCCC(F)(F)C(F)(F)C(F)(F)C(F)(F)C(F)(F)C(F)(F)C(F)(F)C(F)(F)F. The molecule has 0 saturated carbocycles. The van der Waals surface area contributed by atoms with Crippen molar-refractivity contribution in [3.05, 3.63) is 0 Å². The van der Waals surface area contributed by atoms with Crippen LogP contribution in [0, 0.1) is 5.92 Å². The number of esters is 1. The standard InChI is InChI=1S/C15H13F17O2.CH4/c1-3-6(2)7(33)34-5-4-8(16,17)9(18,19)10(20,21)11(22,23)12(24,25)13(26,27)14(28,29)15(30,31)32;/h6H,3-5H2,1-2H3;1H4. The maximum absolute atomic E-state index is 13.6. The van der Waals surface area contributed by atoms with Gasteiger partial charge < -0.3 is 4.74 Å². The number of alkyl halides is 17. The van der Waals surface area contributed by atoms with Gasteiger partial charge in [-0.05, 0) is 6.42 Å². The van der Waals surface area contributed by atoms with Crippen molar-refractivity contribution in [2.45, 2.75) is 81.7 Å². The maximum Gasteiger partial charge on any atom is 0.460 e. The molecule has 0 aromatic carbocycles. The van der Waals surface area contributed by atoms with Crippen LogP contribution in [0.5, 0.6) is 0 Å². The quantitative estimate of drug-likeness (QED) is 0.191. The molecule has 0 aliphatic carbocycles. The normalized spacial score (nSPS) is 16.0. The molecule has 0 aliphatic heterocycles. The Morgan fingerprint density at radius 3 is 1.26 bits per heavy atom. The number of carbonyl (C=O) groups is 1. The summed E-state index contributed by atoms with van der Waals surface area (Å²) in [5.41, 5.74) is 0. The minimum atomic E-state index is -8.66. The predicted octanol–water partition coefficient (Wildman–Crippen LogP) is 7.61. The van der Waals surface area contributed by atoms with E-state index in [-0.39, 0.29) is 13.8 Å². The first-order chi connectivity index (χ1) is 14.6. The average Bonchev–Trinajstić information content (AvgIpc) is 2.64. The van der Waals surface area contributed by atoms with E-state index >= 15 is 0 Å². The number of hydrogen-bond donors (Lipinski definition) is 0. The fourth-order valence-electron chi connectivity index (χ4n) is 1.94. The molecule has 0 saturated heterocycles. The number of hydrogen-bond acceptors (Lipinski definition) is 2. The van der Waals surface area contributed by atoms with E-state index in [0.29, 0.717) is 0 Å². The Morgan fingerprint density at radius 1 is 0.629 bits per heavy atom. The van der Waals surface area contributed by atoms with Crippen molar-refractivity contribution >= 4 is 5.97 Å². The van der Waals surface area contributed by atoms with Gasteiger partial charge in [0.15, 0.2) is 0 Å². The van der Waals surface area contributed by atoms with Gasteiger partial charge in [0.25, 0.3) is 0 Å². The van der Waals surface area contributed by atoms with Crippen LogP contribution >= 0.6 is 0 Å². The molecule has 0 N–H and O–H groups in total. The van der Waals surface area contributed by atoms with Crippen LogP contribution in [0.25, 0.3) is 0 Å². The number of halogens is 17. The van der Waals surface area contributed by atoms with Gasteiger partial charge in [-0.2, -0.15) is 74.6 Å². The van der Waals surface area contributed by atoms with Crippen LogP contribution in [0.1, 0.15) is 34.1 Å². The van der Waals surface area contributed by atoms with Gasteiger partial charge >= 0.3 is 53.6 Å². The zero-order valence-electron chi connectivity index (χ0n) is 16.4. The summed E-state index contributed by atoms with van der Waals surface area (Å²) in [6.07, 6.45) is -10.6. The number of ether oxygens (including phenoxy) is 1. The van der Waals surface area contributed by atoms with Crippen molar-refractivity contribution in [3.63, 3.8) is 0 Å². The second-order valence-electron chi connectivity index (χ2n) is 6.88. The Bertz CT molecular complexity index is 726. The van der Waals surface area contributed by atoms with Gasteiger partial charge in [-0.3, -0.25) is 4.79 Å². The summed E-state index contributed by atoms with van der Waals surface area (Å²) in [4.78, 5) is 11.2. The number of carbonyl (C=O) groups excluding carboxylic acids is 1. The van der Waals surface area contributed by atoms with Gasteiger partial charge in [-0.1, -0.05) is 21.3 Å². The molecule has 0 aliphatic rings. The average molecular weight is 564 g/mol. The van der Waals surface area contributed by atoms with Gasteiger partial charge in [0.05, 0.1) is 18.9 Å². The molecule has 0 radical (unpaired) electrons. The number of rotatable bonds is 11. The van der Waals surface area contributed by atoms with E-state index < -0.39 is 72.5 Å². The molecule has 1 unspecified atom stereocenters. The fraction of sp³-hybridized carbons (Fsp3) is 0.938. The Morgan fingerprint density at radius 2 is 0.943 bits per heavy atom. The molecule has 2 nitrogen and oxygen atoms in total. The Kier molecular flexibility index (Phi) is 10.1. The Balaban J connectivity index is 0. The summed E-state index contributed by atoms with van der Waals surface area (Å²) in [7, 11) is 0. The van der Waals surface area contributed by atoms with Gasteiger partial charge in [-0.15, -0.1) is 0 Å². The van der Waals surface area contributed by atoms with Crippen LogP contribution in [0.4, 0.5) is 74.6 Å². The largest absolute Gasteiger partial charge is 0.465 e. The minimum absolute atomic E-state index is 0. The lowest BCUT2D eigenvalue weighted by Crippen LogP contribution is -2.74. The summed E-state index contributed by atoms with van der Waals surface area (Å²) in [5.74, 6) is -59.1. The molecule has 212 valence electrons. The summed E-state index contributed by atoms with van der Waals surface area (Å²) >= 11 is 0. The first-order valence-electron chi connectivity index (χ1n) is 8.49. The third kappa shape index (κ3) is 5.36. The highest BCUT2D eigenvalue weighted by Crippen LogP contribution is 2.64. The van der Waals surface area contributed by atoms with Crippen molar-refractivity contribution < 1.29 is 84.2 Å². The van der Waals surface area contributed by atoms with Gasteiger partial charge in [0.1, 0.15) is 0 Å². The predicted molar refractivity (Wildman–Crippen MR) is 82.4 cm³/mol. The monoisotopic (exact) mass is 564 g/mol. The van der Waals surface area contributed by atoms with Crippen molar-refractivity contribution in [2.75, 3.05) is 6.61 Å². The third-order valence-electron chi connectivity index (χ3n) is 4.46. The lowest BCUT2D eigenvalue weighted by atomic mass is 9.88. The molecule has 0 aromatic heterocycles. The summed E-state index contributed by atoms with van der Waals surface area (Å²) in [5, 5.41) is 0. The fourth-order valence-corrected chi connectivity index (χ4v) is 1.94. The molecule has 0 bridgehead atoms. The molecule has 0 rings (SSSR count). The van der Waals surface area contributed by atoms with Gasteiger partial charge in [0.2, 0.25) is 0 Å². The van der Waals surface area contributed by atoms with Gasteiger partial charge in [-0.25, -0.2) is 0 Å². The van der Waals surface area contributed by atoms with Crippen LogP contribution in [-0.4, -0.2) is 60.2 Å². The molecule has 1 atom stereocenters. The van der Waals surface area contributed by atoms with Crippen LogP contribution < -0.4 is 0 Å². The van der Waals surface area contributed by atoms with E-state index in [0.717, 1.165) is 6.92 Å². The molecule has 0 spiro atoms. The zero-order chi connectivity index (χ0) is 28.0. The molecule has 35 heavy (non-hydrogen) atoms.